The zero-order valence-corrected chi connectivity index (χ0v) is 14.4. The van der Waals surface area contributed by atoms with Gasteiger partial charge in [0.05, 0.1) is 0 Å². The largest absolute Gasteiger partial charge is 0.313 e. The highest BCUT2D eigenvalue weighted by Gasteiger charge is 2.14. The topological polar surface area (TPSA) is 12.0 Å². The van der Waals surface area contributed by atoms with Crippen LogP contribution in [0.1, 0.15) is 17.2 Å². The molecule has 2 aromatic rings. The summed E-state index contributed by atoms with van der Waals surface area (Å²) in [6.07, 6.45) is 0.895. The Morgan fingerprint density at radius 3 is 2.63 bits per heavy atom. The van der Waals surface area contributed by atoms with Gasteiger partial charge in [-0.15, -0.1) is 0 Å². The average Bonchev–Trinajstić information content (AvgIpc) is 2.39. The van der Waals surface area contributed by atoms with E-state index in [0.29, 0.717) is 0 Å². The molecule has 0 aromatic heterocycles. The van der Waals surface area contributed by atoms with Gasteiger partial charge >= 0.3 is 0 Å². The summed E-state index contributed by atoms with van der Waals surface area (Å²) in [6, 6.07) is 14.5. The summed E-state index contributed by atoms with van der Waals surface area (Å²) in [5, 5.41) is 4.14. The second-order valence-electron chi connectivity index (χ2n) is 4.34. The van der Waals surface area contributed by atoms with Crippen LogP contribution < -0.4 is 5.32 Å². The standard InChI is InChI=1S/C15H14Br2ClN/c1-19-15(8-10-3-2-4-12(18)7-10)13-9-11(16)5-6-14(13)17/h2-7,9,15,19H,8H2,1H3. The zero-order chi connectivity index (χ0) is 13.8. The van der Waals surface area contributed by atoms with Crippen LogP contribution in [0.15, 0.2) is 51.4 Å². The first kappa shape index (κ1) is 15.0. The first-order valence-corrected chi connectivity index (χ1v) is 7.93. The molecule has 0 radical (unpaired) electrons. The van der Waals surface area contributed by atoms with Gasteiger partial charge in [0.1, 0.15) is 0 Å². The van der Waals surface area contributed by atoms with E-state index in [-0.39, 0.29) is 6.04 Å². The maximum Gasteiger partial charge on any atom is 0.0408 e. The predicted molar refractivity (Wildman–Crippen MR) is 88.8 cm³/mol. The maximum atomic E-state index is 6.04. The van der Waals surface area contributed by atoms with Crippen molar-refractivity contribution in [2.75, 3.05) is 7.05 Å². The lowest BCUT2D eigenvalue weighted by Crippen LogP contribution is -2.19. The predicted octanol–water partition coefficient (Wildman–Crippen LogP) is 5.37. The van der Waals surface area contributed by atoms with Gasteiger partial charge in [0.25, 0.3) is 0 Å². The van der Waals surface area contributed by atoms with Crippen molar-refractivity contribution < 1.29 is 0 Å². The Hall–Kier alpha value is -0.350. The summed E-state index contributed by atoms with van der Waals surface area (Å²) in [5.74, 6) is 0. The number of hydrogen-bond acceptors (Lipinski definition) is 1. The van der Waals surface area contributed by atoms with Crippen LogP contribution in [-0.4, -0.2) is 7.05 Å². The van der Waals surface area contributed by atoms with Gasteiger partial charge < -0.3 is 5.32 Å². The van der Waals surface area contributed by atoms with Crippen molar-refractivity contribution >= 4 is 43.5 Å². The van der Waals surface area contributed by atoms with Crippen molar-refractivity contribution in [3.05, 3.63) is 67.6 Å². The van der Waals surface area contributed by atoms with E-state index in [2.05, 4.69) is 55.4 Å². The third kappa shape index (κ3) is 4.06. The molecular weight excluding hydrogens is 389 g/mol. The van der Waals surface area contributed by atoms with E-state index in [0.717, 1.165) is 20.4 Å². The summed E-state index contributed by atoms with van der Waals surface area (Å²) in [6.45, 7) is 0. The number of rotatable bonds is 4. The summed E-state index contributed by atoms with van der Waals surface area (Å²) >= 11 is 13.2. The van der Waals surface area contributed by atoms with Crippen LogP contribution in [0.2, 0.25) is 5.02 Å². The van der Waals surface area contributed by atoms with Crippen LogP contribution in [0.4, 0.5) is 0 Å². The molecule has 0 fully saturated rings. The summed E-state index contributed by atoms with van der Waals surface area (Å²) in [5.41, 5.74) is 2.45. The molecule has 0 spiro atoms. The molecule has 0 aliphatic carbocycles. The molecule has 1 nitrogen and oxygen atoms in total. The van der Waals surface area contributed by atoms with Gasteiger partial charge in [-0.3, -0.25) is 0 Å². The Bertz CT molecular complexity index is 572. The first-order valence-electron chi connectivity index (χ1n) is 5.97. The van der Waals surface area contributed by atoms with Crippen LogP contribution in [0.3, 0.4) is 0 Å². The maximum absolute atomic E-state index is 6.04. The second kappa shape index (κ2) is 6.89. The molecule has 0 saturated carbocycles. The van der Waals surface area contributed by atoms with Crippen molar-refractivity contribution in [1.82, 2.24) is 5.32 Å². The smallest absolute Gasteiger partial charge is 0.0408 e. The summed E-state index contributed by atoms with van der Waals surface area (Å²) in [7, 11) is 1.97. The Balaban J connectivity index is 2.27. The van der Waals surface area contributed by atoms with E-state index < -0.39 is 0 Å². The number of benzene rings is 2. The molecule has 0 heterocycles. The average molecular weight is 404 g/mol. The van der Waals surface area contributed by atoms with E-state index >= 15 is 0 Å². The van der Waals surface area contributed by atoms with Gasteiger partial charge in [0.15, 0.2) is 0 Å². The fourth-order valence-corrected chi connectivity index (χ4v) is 3.16. The molecule has 2 aromatic carbocycles. The number of nitrogens with one attached hydrogen (secondary N) is 1. The van der Waals surface area contributed by atoms with Crippen LogP contribution in [-0.2, 0) is 6.42 Å². The number of hydrogen-bond donors (Lipinski definition) is 1. The fraction of sp³-hybridized carbons (Fsp3) is 0.200. The number of halogens is 3. The minimum atomic E-state index is 0.241. The van der Waals surface area contributed by atoms with Crippen molar-refractivity contribution in [3.63, 3.8) is 0 Å². The highest BCUT2D eigenvalue weighted by Crippen LogP contribution is 2.29. The monoisotopic (exact) mass is 401 g/mol. The lowest BCUT2D eigenvalue weighted by molar-refractivity contribution is 0.589. The zero-order valence-electron chi connectivity index (χ0n) is 10.5. The molecule has 0 bridgehead atoms. The van der Waals surface area contributed by atoms with Gasteiger partial charge in [-0.1, -0.05) is 55.6 Å². The van der Waals surface area contributed by atoms with Gasteiger partial charge in [0, 0.05) is 20.0 Å². The van der Waals surface area contributed by atoms with Gasteiger partial charge in [-0.05, 0) is 54.9 Å². The van der Waals surface area contributed by atoms with E-state index in [1.807, 2.05) is 31.3 Å². The molecule has 0 aliphatic rings. The van der Waals surface area contributed by atoms with Crippen molar-refractivity contribution in [2.24, 2.45) is 0 Å². The molecule has 0 amide bonds. The Labute approximate surface area is 135 Å². The Morgan fingerprint density at radius 2 is 1.95 bits per heavy atom. The van der Waals surface area contributed by atoms with Gasteiger partial charge in [-0.2, -0.15) is 0 Å². The molecule has 1 atom stereocenters. The Kier molecular flexibility index (Phi) is 5.46. The van der Waals surface area contributed by atoms with E-state index in [1.165, 1.54) is 11.1 Å². The molecule has 100 valence electrons. The van der Waals surface area contributed by atoms with Crippen LogP contribution in [0.25, 0.3) is 0 Å². The van der Waals surface area contributed by atoms with Crippen molar-refractivity contribution in [3.8, 4) is 0 Å². The lowest BCUT2D eigenvalue weighted by atomic mass is 9.99. The minimum absolute atomic E-state index is 0.241. The van der Waals surface area contributed by atoms with Crippen LogP contribution in [0, 0.1) is 0 Å². The normalized spacial score (nSPS) is 12.4. The summed E-state index contributed by atoms with van der Waals surface area (Å²) in [4.78, 5) is 0. The second-order valence-corrected chi connectivity index (χ2v) is 6.55. The SMILES string of the molecule is CNC(Cc1cccc(Cl)c1)c1cc(Br)ccc1Br. The lowest BCUT2D eigenvalue weighted by Gasteiger charge is -2.19. The van der Waals surface area contributed by atoms with Crippen LogP contribution >= 0.6 is 43.5 Å². The molecule has 0 saturated heterocycles. The highest BCUT2D eigenvalue weighted by molar-refractivity contribution is 9.11. The third-order valence-electron chi connectivity index (χ3n) is 3.01. The minimum Gasteiger partial charge on any atom is -0.313 e. The quantitative estimate of drug-likeness (QED) is 0.724. The van der Waals surface area contributed by atoms with Crippen LogP contribution in [0.5, 0.6) is 0 Å². The fourth-order valence-electron chi connectivity index (χ4n) is 2.05. The van der Waals surface area contributed by atoms with E-state index in [1.54, 1.807) is 0 Å². The molecule has 0 aliphatic heterocycles. The number of likely N-dealkylation sites (N-methyl/N-ethyl adjacent to an activating group) is 1. The van der Waals surface area contributed by atoms with Crippen molar-refractivity contribution in [2.45, 2.75) is 12.5 Å². The first-order chi connectivity index (χ1) is 9.10. The van der Waals surface area contributed by atoms with Crippen molar-refractivity contribution in [1.29, 1.82) is 0 Å². The molecule has 4 heteroatoms. The Morgan fingerprint density at radius 1 is 1.16 bits per heavy atom. The molecule has 1 unspecified atom stereocenters. The molecule has 1 N–H and O–H groups in total. The van der Waals surface area contributed by atoms with Gasteiger partial charge in [0.2, 0.25) is 0 Å². The van der Waals surface area contributed by atoms with E-state index in [4.69, 9.17) is 11.6 Å². The molecule has 19 heavy (non-hydrogen) atoms. The molecular formula is C15H14Br2ClN. The third-order valence-corrected chi connectivity index (χ3v) is 4.46. The highest BCUT2D eigenvalue weighted by atomic mass is 79.9. The summed E-state index contributed by atoms with van der Waals surface area (Å²) < 4.78 is 2.19. The van der Waals surface area contributed by atoms with Gasteiger partial charge in [-0.25, -0.2) is 0 Å². The molecule has 2 rings (SSSR count). The van der Waals surface area contributed by atoms with E-state index in [9.17, 15) is 0 Å².